The summed E-state index contributed by atoms with van der Waals surface area (Å²) < 4.78 is 19.1. The van der Waals surface area contributed by atoms with Gasteiger partial charge in [0.1, 0.15) is 5.75 Å². The van der Waals surface area contributed by atoms with Crippen LogP contribution in [0.4, 0.5) is 16.0 Å². The van der Waals surface area contributed by atoms with E-state index < -0.39 is 5.82 Å². The molecule has 0 fully saturated rings. The molecule has 0 saturated carbocycles. The quantitative estimate of drug-likeness (QED) is 0.750. The molecule has 24 heavy (non-hydrogen) atoms. The molecule has 0 aliphatic heterocycles. The Balaban J connectivity index is 1.96. The fraction of sp³-hybridized carbons (Fsp3) is 0.0588. The van der Waals surface area contributed by atoms with Crippen LogP contribution in [0, 0.1) is 5.82 Å². The highest BCUT2D eigenvalue weighted by Crippen LogP contribution is 2.25. The fourth-order valence-electron chi connectivity index (χ4n) is 2.15. The van der Waals surface area contributed by atoms with Crippen molar-refractivity contribution < 1.29 is 9.13 Å². The van der Waals surface area contributed by atoms with E-state index in [2.05, 4.69) is 15.3 Å². The molecule has 2 N–H and O–H groups in total. The molecule has 3 rings (SSSR count). The summed E-state index contributed by atoms with van der Waals surface area (Å²) in [6.07, 6.45) is 0. The van der Waals surface area contributed by atoms with E-state index >= 15 is 0 Å². The highest BCUT2D eigenvalue weighted by Gasteiger charge is 2.09. The molecule has 2 aromatic carbocycles. The summed E-state index contributed by atoms with van der Waals surface area (Å²) >= 11 is 5.75. The van der Waals surface area contributed by atoms with Gasteiger partial charge in [-0.2, -0.15) is 0 Å². The summed E-state index contributed by atoms with van der Waals surface area (Å²) in [5, 5.41) is 2.72. The smallest absolute Gasteiger partial charge is 0.252 e. The van der Waals surface area contributed by atoms with Crippen LogP contribution in [0.25, 0.3) is 11.3 Å². The molecular weight excluding hydrogens is 333 g/mol. The maximum absolute atomic E-state index is 14.0. The number of H-pyrrole nitrogens is 1. The molecule has 0 unspecified atom stereocenters. The zero-order valence-corrected chi connectivity index (χ0v) is 13.4. The normalized spacial score (nSPS) is 10.5. The third kappa shape index (κ3) is 3.38. The van der Waals surface area contributed by atoms with Crippen LogP contribution in [0.1, 0.15) is 0 Å². The predicted octanol–water partition coefficient (Wildman–Crippen LogP) is 3.98. The molecule has 5 nitrogen and oxygen atoms in total. The second kappa shape index (κ2) is 6.72. The Kier molecular flexibility index (Phi) is 4.48. The Hall–Kier alpha value is -2.86. The third-order valence-electron chi connectivity index (χ3n) is 3.33. The number of anilines is 2. The van der Waals surface area contributed by atoms with Crippen molar-refractivity contribution >= 4 is 23.2 Å². The van der Waals surface area contributed by atoms with Gasteiger partial charge in [-0.1, -0.05) is 17.7 Å². The number of nitrogens with zero attached hydrogens (tertiary/aromatic N) is 1. The van der Waals surface area contributed by atoms with Gasteiger partial charge in [0.05, 0.1) is 23.5 Å². The van der Waals surface area contributed by atoms with Crippen LogP contribution in [-0.4, -0.2) is 17.1 Å². The molecule has 0 atom stereocenters. The van der Waals surface area contributed by atoms with Crippen LogP contribution in [0.3, 0.4) is 0 Å². The molecule has 0 amide bonds. The highest BCUT2D eigenvalue weighted by molar-refractivity contribution is 6.31. The minimum Gasteiger partial charge on any atom is -0.497 e. The zero-order valence-electron chi connectivity index (χ0n) is 12.6. The summed E-state index contributed by atoms with van der Waals surface area (Å²) in [7, 11) is 1.57. The summed E-state index contributed by atoms with van der Waals surface area (Å²) in [6, 6.07) is 13.0. The van der Waals surface area contributed by atoms with Crippen LogP contribution in [0.2, 0.25) is 5.02 Å². The van der Waals surface area contributed by atoms with E-state index in [0.29, 0.717) is 11.4 Å². The lowest BCUT2D eigenvalue weighted by Crippen LogP contribution is -2.11. The van der Waals surface area contributed by atoms with Crippen molar-refractivity contribution in [1.82, 2.24) is 9.97 Å². The van der Waals surface area contributed by atoms with Gasteiger partial charge in [-0.05, 0) is 36.4 Å². The first kappa shape index (κ1) is 16.0. The van der Waals surface area contributed by atoms with E-state index in [1.54, 1.807) is 37.4 Å². The highest BCUT2D eigenvalue weighted by atomic mass is 35.5. The topological polar surface area (TPSA) is 67.0 Å². The summed E-state index contributed by atoms with van der Waals surface area (Å²) in [4.78, 5) is 18.7. The Morgan fingerprint density at radius 2 is 1.96 bits per heavy atom. The van der Waals surface area contributed by atoms with E-state index in [0.717, 1.165) is 5.56 Å². The molecule has 0 saturated heterocycles. The van der Waals surface area contributed by atoms with Crippen molar-refractivity contribution in [3.05, 3.63) is 69.7 Å². The predicted molar refractivity (Wildman–Crippen MR) is 91.5 cm³/mol. The van der Waals surface area contributed by atoms with Crippen molar-refractivity contribution in [3.63, 3.8) is 0 Å². The van der Waals surface area contributed by atoms with Crippen molar-refractivity contribution in [3.8, 4) is 17.0 Å². The molecule has 1 heterocycles. The Bertz CT molecular complexity index is 926. The molecule has 122 valence electrons. The minimum absolute atomic E-state index is 0.0198. The number of aromatic nitrogens is 2. The Labute approximate surface area is 142 Å². The second-order valence-electron chi connectivity index (χ2n) is 4.93. The van der Waals surface area contributed by atoms with E-state index in [1.807, 2.05) is 0 Å². The molecule has 0 bridgehead atoms. The molecule has 1 aromatic heterocycles. The Morgan fingerprint density at radius 3 is 2.67 bits per heavy atom. The van der Waals surface area contributed by atoms with Crippen molar-refractivity contribution in [2.45, 2.75) is 0 Å². The fourth-order valence-corrected chi connectivity index (χ4v) is 2.33. The van der Waals surface area contributed by atoms with Crippen molar-refractivity contribution in [2.75, 3.05) is 12.4 Å². The summed E-state index contributed by atoms with van der Waals surface area (Å²) in [5.41, 5.74) is 0.946. The van der Waals surface area contributed by atoms with Crippen LogP contribution in [0.5, 0.6) is 5.75 Å². The van der Waals surface area contributed by atoms with Gasteiger partial charge in [-0.15, -0.1) is 0 Å². The van der Waals surface area contributed by atoms with Gasteiger partial charge in [0.15, 0.2) is 5.82 Å². The van der Waals surface area contributed by atoms with Crippen LogP contribution in [-0.2, 0) is 0 Å². The van der Waals surface area contributed by atoms with E-state index in [-0.39, 0.29) is 22.2 Å². The first-order chi connectivity index (χ1) is 11.6. The molecule has 3 aromatic rings. The van der Waals surface area contributed by atoms with Gasteiger partial charge in [0.2, 0.25) is 5.95 Å². The number of halogens is 2. The van der Waals surface area contributed by atoms with Gasteiger partial charge in [0, 0.05) is 11.6 Å². The van der Waals surface area contributed by atoms with E-state index in [4.69, 9.17) is 16.3 Å². The average molecular weight is 346 g/mol. The number of methoxy groups -OCH3 is 1. The largest absolute Gasteiger partial charge is 0.497 e. The third-order valence-corrected chi connectivity index (χ3v) is 3.62. The lowest BCUT2D eigenvalue weighted by Gasteiger charge is -2.09. The lowest BCUT2D eigenvalue weighted by molar-refractivity contribution is 0.415. The van der Waals surface area contributed by atoms with Crippen molar-refractivity contribution in [2.24, 2.45) is 0 Å². The van der Waals surface area contributed by atoms with Gasteiger partial charge >= 0.3 is 0 Å². The molecule has 0 radical (unpaired) electrons. The first-order valence-corrected chi connectivity index (χ1v) is 7.41. The summed E-state index contributed by atoms with van der Waals surface area (Å²) in [6.45, 7) is 0. The monoisotopic (exact) mass is 345 g/mol. The molecular formula is C17H13ClFN3O2. The minimum atomic E-state index is -0.614. The second-order valence-corrected chi connectivity index (χ2v) is 5.34. The number of hydrogen-bond donors (Lipinski definition) is 2. The van der Waals surface area contributed by atoms with Crippen LogP contribution in [0.15, 0.2) is 53.3 Å². The first-order valence-electron chi connectivity index (χ1n) is 7.03. The SMILES string of the molecule is COc1ccc(-c2cc(=O)[nH]c(Nc3cccc(Cl)c3F)n2)cc1. The van der Waals surface area contributed by atoms with Crippen LogP contribution < -0.4 is 15.6 Å². The maximum atomic E-state index is 14.0. The molecule has 0 aliphatic carbocycles. The standard InChI is InChI=1S/C17H13ClFN3O2/c1-24-11-7-5-10(6-8-11)14-9-15(23)22-17(21-14)20-13-4-2-3-12(18)16(13)19/h2-9H,1H3,(H2,20,21,22,23). The maximum Gasteiger partial charge on any atom is 0.252 e. The van der Waals surface area contributed by atoms with Crippen molar-refractivity contribution in [1.29, 1.82) is 0 Å². The van der Waals surface area contributed by atoms with E-state index in [9.17, 15) is 9.18 Å². The average Bonchev–Trinajstić information content (AvgIpc) is 2.58. The molecule has 0 spiro atoms. The summed E-state index contributed by atoms with van der Waals surface area (Å²) in [5.74, 6) is 0.203. The number of nitrogens with one attached hydrogen (secondary N) is 2. The number of ether oxygens (including phenoxy) is 1. The number of aromatic amines is 1. The van der Waals surface area contributed by atoms with Crippen LogP contribution >= 0.6 is 11.6 Å². The number of benzene rings is 2. The lowest BCUT2D eigenvalue weighted by atomic mass is 10.1. The zero-order chi connectivity index (χ0) is 17.1. The van der Waals surface area contributed by atoms with Gasteiger partial charge in [-0.25, -0.2) is 9.37 Å². The molecule has 7 heteroatoms. The number of rotatable bonds is 4. The van der Waals surface area contributed by atoms with E-state index in [1.165, 1.54) is 18.2 Å². The van der Waals surface area contributed by atoms with Gasteiger partial charge in [0.25, 0.3) is 5.56 Å². The Morgan fingerprint density at radius 1 is 1.21 bits per heavy atom. The van der Waals surface area contributed by atoms with Gasteiger partial charge in [-0.3, -0.25) is 9.78 Å². The number of hydrogen-bond acceptors (Lipinski definition) is 4. The van der Waals surface area contributed by atoms with Gasteiger partial charge < -0.3 is 10.1 Å². The molecule has 0 aliphatic rings.